The van der Waals surface area contributed by atoms with Crippen molar-refractivity contribution in [2.24, 2.45) is 28.6 Å². The van der Waals surface area contributed by atoms with Gasteiger partial charge in [0.1, 0.15) is 18.1 Å². The Morgan fingerprint density at radius 2 is 1.53 bits per heavy atom. The molecule has 14 nitrogen and oxygen atoms in total. The van der Waals surface area contributed by atoms with E-state index in [0.717, 1.165) is 12.8 Å². The van der Waals surface area contributed by atoms with Gasteiger partial charge in [-0.05, 0) is 54.4 Å². The largest absolute Gasteiger partial charge is 0.434 e. The van der Waals surface area contributed by atoms with Gasteiger partial charge in [-0.25, -0.2) is 4.79 Å². The van der Waals surface area contributed by atoms with E-state index in [1.165, 1.54) is 23.9 Å². The number of Topliss-reactive ketones (excluding diaryl/α,β-unsaturated/α-hetero) is 1. The van der Waals surface area contributed by atoms with Crippen molar-refractivity contribution < 1.29 is 51.5 Å². The van der Waals surface area contributed by atoms with Crippen molar-refractivity contribution in [2.75, 3.05) is 27.2 Å². The van der Waals surface area contributed by atoms with E-state index in [0.29, 0.717) is 19.4 Å². The minimum Gasteiger partial charge on any atom is -0.434 e. The molecule has 1 heterocycles. The third-order valence-electron chi connectivity index (χ3n) is 10.8. The summed E-state index contributed by atoms with van der Waals surface area (Å²) in [6, 6.07) is 3.65. The maximum atomic E-state index is 14.2. The quantitative estimate of drug-likeness (QED) is 0.208. The highest BCUT2D eigenvalue weighted by atomic mass is 19.4. The molecule has 6 amide bonds. The molecule has 0 bridgehead atoms. The second-order valence-electron chi connectivity index (χ2n) is 17.2. The second kappa shape index (κ2) is 15.8. The number of hydrogen-bond acceptors (Lipinski definition) is 8. The van der Waals surface area contributed by atoms with E-state index in [1.807, 2.05) is 13.8 Å². The van der Waals surface area contributed by atoms with Crippen LogP contribution in [-0.2, 0) is 33.5 Å². The Morgan fingerprint density at radius 3 is 2.05 bits per heavy atom. The van der Waals surface area contributed by atoms with Crippen LogP contribution in [0.15, 0.2) is 30.3 Å². The van der Waals surface area contributed by atoms with Crippen LogP contribution in [0.2, 0.25) is 0 Å². The van der Waals surface area contributed by atoms with Crippen molar-refractivity contribution in [2.45, 2.75) is 104 Å². The Bertz CT molecular complexity index is 1670. The highest BCUT2D eigenvalue weighted by Gasteiger charge is 2.70. The van der Waals surface area contributed by atoms with Crippen molar-refractivity contribution in [1.82, 2.24) is 31.1 Å². The number of alkyl carbamates (subject to hydrolysis) is 1. The first-order valence-corrected chi connectivity index (χ1v) is 18.3. The number of nitrogens with one attached hydrogen (secondary N) is 4. The third-order valence-corrected chi connectivity index (χ3v) is 10.8. The lowest BCUT2D eigenvalue weighted by Gasteiger charge is -2.38. The van der Waals surface area contributed by atoms with E-state index in [4.69, 9.17) is 0 Å². The number of likely N-dealkylation sites (N-methyl/N-ethyl adjacent to an activating group) is 1. The van der Waals surface area contributed by atoms with Gasteiger partial charge in [-0.2, -0.15) is 13.2 Å². The third kappa shape index (κ3) is 9.95. The number of carbonyl (C=O) groups excluding carboxylic acids is 7. The Hall–Kier alpha value is -4.70. The fourth-order valence-electron chi connectivity index (χ4n) is 7.05. The fourth-order valence-corrected chi connectivity index (χ4v) is 7.05. The first kappa shape index (κ1) is 43.0. The number of rotatable bonds is 14. The van der Waals surface area contributed by atoms with Gasteiger partial charge >= 0.3 is 12.3 Å². The molecule has 304 valence electrons. The molecule has 0 spiro atoms. The van der Waals surface area contributed by atoms with E-state index in [9.17, 15) is 46.7 Å². The molecule has 0 radical (unpaired) electrons. The van der Waals surface area contributed by atoms with Gasteiger partial charge in [0.2, 0.25) is 35.0 Å². The average molecular weight is 779 g/mol. The number of ether oxygens (including phenoxy) is 1. The maximum Gasteiger partial charge on any atom is 0.427 e. The number of likely N-dealkylation sites (tertiary alicyclic amines) is 1. The zero-order chi connectivity index (χ0) is 41.4. The molecular formula is C38H53F3N6O8. The molecule has 55 heavy (non-hydrogen) atoms. The summed E-state index contributed by atoms with van der Waals surface area (Å²) in [7, 11) is 3.06. The molecule has 1 saturated heterocycles. The van der Waals surface area contributed by atoms with Gasteiger partial charge in [-0.15, -0.1) is 0 Å². The minimum atomic E-state index is -4.88. The molecule has 6 atom stereocenters. The predicted octanol–water partition coefficient (Wildman–Crippen LogP) is 2.87. The van der Waals surface area contributed by atoms with Crippen LogP contribution in [-0.4, -0.2) is 108 Å². The number of fused-ring (bicyclic) bond motifs is 1. The summed E-state index contributed by atoms with van der Waals surface area (Å²) in [4.78, 5) is 96.0. The number of nitrogens with zero attached hydrogens (tertiary/aromatic N) is 2. The molecule has 3 fully saturated rings. The van der Waals surface area contributed by atoms with Crippen molar-refractivity contribution in [3.8, 4) is 0 Å². The molecule has 17 heteroatoms. The zero-order valence-corrected chi connectivity index (χ0v) is 32.8. The van der Waals surface area contributed by atoms with Gasteiger partial charge in [0.25, 0.3) is 5.91 Å². The minimum absolute atomic E-state index is 0.0573. The van der Waals surface area contributed by atoms with Crippen LogP contribution in [0, 0.1) is 28.6 Å². The van der Waals surface area contributed by atoms with Gasteiger partial charge in [0.15, 0.2) is 0 Å². The number of ketones is 1. The van der Waals surface area contributed by atoms with Crippen LogP contribution in [0.3, 0.4) is 0 Å². The first-order chi connectivity index (χ1) is 25.3. The van der Waals surface area contributed by atoms with Gasteiger partial charge in [0, 0.05) is 20.6 Å². The molecule has 1 aromatic rings. The van der Waals surface area contributed by atoms with Crippen LogP contribution in [0.5, 0.6) is 0 Å². The van der Waals surface area contributed by atoms with Gasteiger partial charge in [-0.1, -0.05) is 77.8 Å². The Kier molecular flexibility index (Phi) is 12.4. The normalized spacial score (nSPS) is 21.9. The lowest BCUT2D eigenvalue weighted by molar-refractivity contribution is -0.244. The van der Waals surface area contributed by atoms with Crippen LogP contribution in [0.25, 0.3) is 0 Å². The fraction of sp³-hybridized carbons (Fsp3) is 0.658. The van der Waals surface area contributed by atoms with Crippen LogP contribution < -0.4 is 21.3 Å². The van der Waals surface area contributed by atoms with Gasteiger partial charge in [-0.3, -0.25) is 28.8 Å². The molecule has 3 aliphatic rings. The summed E-state index contributed by atoms with van der Waals surface area (Å²) in [5.41, 5.74) is -3.73. The monoisotopic (exact) mass is 778 g/mol. The molecule has 4 rings (SSSR count). The summed E-state index contributed by atoms with van der Waals surface area (Å²) in [6.45, 7) is 9.51. The molecule has 2 saturated carbocycles. The summed E-state index contributed by atoms with van der Waals surface area (Å²) in [5.74, 6) is -5.09. The van der Waals surface area contributed by atoms with Crippen molar-refractivity contribution in [3.05, 3.63) is 35.9 Å². The Morgan fingerprint density at radius 1 is 0.927 bits per heavy atom. The summed E-state index contributed by atoms with van der Waals surface area (Å²) >= 11 is 0. The molecule has 1 aromatic carbocycles. The average Bonchev–Trinajstić information content (AvgIpc) is 3.93. The summed E-state index contributed by atoms with van der Waals surface area (Å²) in [5, 5.41) is 9.86. The van der Waals surface area contributed by atoms with Gasteiger partial charge in [0.05, 0.1) is 12.6 Å². The number of carbonyl (C=O) groups is 7. The van der Waals surface area contributed by atoms with E-state index < -0.39 is 89.3 Å². The molecule has 3 unspecified atom stereocenters. The zero-order valence-electron chi connectivity index (χ0n) is 32.8. The van der Waals surface area contributed by atoms with Crippen LogP contribution >= 0.6 is 0 Å². The SMILES string of the molecule is CN(C)C(=O)[C@@H](NC(=O)CNC(=O)C(=O)C(CC1CC1)NC(=O)[C@@H]1C2[C@H](CN1C(=O)C(NC(=O)OC(C)(C)C(F)(F)F)C(C)(C)C)C2(C)C)c1ccccc1. The van der Waals surface area contributed by atoms with Crippen molar-refractivity contribution >= 4 is 41.4 Å². The van der Waals surface area contributed by atoms with Gasteiger partial charge < -0.3 is 35.8 Å². The van der Waals surface area contributed by atoms with E-state index in [-0.39, 0.29) is 36.1 Å². The number of piperidine rings is 1. The molecule has 1 aliphatic heterocycles. The number of benzene rings is 1. The predicted molar refractivity (Wildman–Crippen MR) is 193 cm³/mol. The van der Waals surface area contributed by atoms with E-state index >= 15 is 0 Å². The molecule has 0 aromatic heterocycles. The highest BCUT2D eigenvalue weighted by molar-refractivity contribution is 6.38. The lowest BCUT2D eigenvalue weighted by atomic mass is 9.85. The topological polar surface area (TPSA) is 183 Å². The molecule has 2 aliphatic carbocycles. The Balaban J connectivity index is 1.47. The lowest BCUT2D eigenvalue weighted by Crippen LogP contribution is -2.61. The smallest absolute Gasteiger partial charge is 0.427 e. The molecular weight excluding hydrogens is 725 g/mol. The highest BCUT2D eigenvalue weighted by Crippen LogP contribution is 2.65. The first-order valence-electron chi connectivity index (χ1n) is 18.3. The standard InChI is InChI=1S/C38H53F3N6O8/c1-35(2,3)29(45-34(54)55-37(6,7)38(39,40)41)33(53)47-19-22-25(36(22,4)5)27(47)30(50)43-23(17-20-15-16-20)28(49)31(51)42-18-24(48)44-26(32(52)46(8)9)21-13-11-10-12-14-21/h10-14,20,22-23,25-27,29H,15-19H2,1-9H3,(H,42,51)(H,43,50)(H,44,48)(H,45,54)/t22-,23?,25?,26-,27-,29?/m0/s1. The van der Waals surface area contributed by atoms with Crippen LogP contribution in [0.1, 0.15) is 79.3 Å². The summed E-state index contributed by atoms with van der Waals surface area (Å²) < 4.78 is 45.0. The summed E-state index contributed by atoms with van der Waals surface area (Å²) in [6.07, 6.45) is -4.65. The van der Waals surface area contributed by atoms with Crippen LogP contribution in [0.4, 0.5) is 18.0 Å². The number of alkyl halides is 3. The number of halogens is 3. The maximum absolute atomic E-state index is 14.2. The Labute approximate surface area is 319 Å². The van der Waals surface area contributed by atoms with Crippen molar-refractivity contribution in [1.29, 1.82) is 0 Å². The van der Waals surface area contributed by atoms with E-state index in [1.54, 1.807) is 51.1 Å². The number of hydrogen-bond donors (Lipinski definition) is 4. The number of amides is 6. The van der Waals surface area contributed by atoms with E-state index in [2.05, 4.69) is 26.0 Å². The molecule has 4 N–H and O–H groups in total. The van der Waals surface area contributed by atoms with Crippen molar-refractivity contribution in [3.63, 3.8) is 0 Å². The second-order valence-corrected chi connectivity index (χ2v) is 17.2.